The Kier molecular flexibility index (Phi) is 5.22. The van der Waals surface area contributed by atoms with Crippen molar-refractivity contribution in [1.29, 1.82) is 0 Å². The van der Waals surface area contributed by atoms with Crippen molar-refractivity contribution in [1.82, 2.24) is 0 Å². The van der Waals surface area contributed by atoms with Crippen molar-refractivity contribution in [3.63, 3.8) is 0 Å². The second-order valence-corrected chi connectivity index (χ2v) is 13.6. The Hall–Kier alpha value is -0.185. The van der Waals surface area contributed by atoms with Crippen molar-refractivity contribution in [2.75, 3.05) is 20.4 Å². The molecule has 0 N–H and O–H groups in total. The molecule has 128 valence electrons. The normalized spacial score (nSPS) is 21.5. The van der Waals surface area contributed by atoms with Crippen LogP contribution in [0.25, 0.3) is 0 Å². The fourth-order valence-corrected chi connectivity index (χ4v) is 3.79. The minimum absolute atomic E-state index is 0.0235. The quantitative estimate of drug-likeness (QED) is 0.614. The van der Waals surface area contributed by atoms with Crippen LogP contribution in [-0.2, 0) is 25.9 Å². The number of benzene rings is 1. The Morgan fingerprint density at radius 3 is 2.09 bits per heavy atom. The summed E-state index contributed by atoms with van der Waals surface area (Å²) < 4.78 is 18.0. The van der Waals surface area contributed by atoms with E-state index in [1.54, 1.807) is 7.11 Å². The van der Waals surface area contributed by atoms with E-state index in [-0.39, 0.29) is 17.3 Å². The Balaban J connectivity index is 2.53. The number of rotatable bonds is 4. The number of hydrogen-bond acceptors (Lipinski definition) is 4. The molecular formula is C17H28BO3PS. The lowest BCUT2D eigenvalue weighted by Crippen LogP contribution is -2.41. The molecule has 0 bridgehead atoms. The molecule has 1 heterocycles. The molecule has 6 heteroatoms. The Morgan fingerprint density at radius 1 is 1.13 bits per heavy atom. The minimum atomic E-state index is -1.53. The summed E-state index contributed by atoms with van der Waals surface area (Å²) in [5, 5.41) is 1.20. The number of hydrogen-bond donors (Lipinski definition) is 0. The lowest BCUT2D eigenvalue weighted by Gasteiger charge is -2.32. The summed E-state index contributed by atoms with van der Waals surface area (Å²) in [5.41, 5.74) is 1.41. The van der Waals surface area contributed by atoms with Gasteiger partial charge in [0.25, 0.3) is 0 Å². The average molecular weight is 354 g/mol. The van der Waals surface area contributed by atoms with Crippen LogP contribution in [0, 0.1) is 0 Å². The SMILES string of the molecule is CO[C@@H](C)c1ccc(P(C)(C)=S)cc1B1OC(C)(C)C(C)(C)O1. The molecule has 0 aromatic heterocycles. The van der Waals surface area contributed by atoms with E-state index < -0.39 is 13.2 Å². The first-order valence-corrected chi connectivity index (χ1v) is 11.7. The van der Waals surface area contributed by atoms with Gasteiger partial charge in [0.15, 0.2) is 0 Å². The molecule has 1 aliphatic rings. The van der Waals surface area contributed by atoms with Crippen LogP contribution < -0.4 is 10.8 Å². The molecule has 1 aromatic carbocycles. The molecule has 0 spiro atoms. The predicted octanol–water partition coefficient (Wildman–Crippen LogP) is 3.06. The minimum Gasteiger partial charge on any atom is -0.399 e. The molecule has 3 nitrogen and oxygen atoms in total. The zero-order valence-corrected chi connectivity index (χ0v) is 17.2. The van der Waals surface area contributed by atoms with Crippen molar-refractivity contribution in [2.24, 2.45) is 0 Å². The van der Waals surface area contributed by atoms with Crippen LogP contribution in [0.15, 0.2) is 18.2 Å². The first-order valence-electron chi connectivity index (χ1n) is 7.97. The van der Waals surface area contributed by atoms with Crippen molar-refractivity contribution in [3.05, 3.63) is 23.8 Å². The molecule has 23 heavy (non-hydrogen) atoms. The highest BCUT2D eigenvalue weighted by atomic mass is 32.4. The summed E-state index contributed by atoms with van der Waals surface area (Å²) in [7, 11) is 1.32. The largest absolute Gasteiger partial charge is 0.495 e. The fourth-order valence-electron chi connectivity index (χ4n) is 2.57. The zero-order chi connectivity index (χ0) is 17.6. The van der Waals surface area contributed by atoms with Crippen molar-refractivity contribution >= 4 is 35.7 Å². The van der Waals surface area contributed by atoms with Gasteiger partial charge in [0.1, 0.15) is 0 Å². The molecule has 1 atom stereocenters. The van der Waals surface area contributed by atoms with Gasteiger partial charge in [0, 0.05) is 7.11 Å². The summed E-state index contributed by atoms with van der Waals surface area (Å²) in [6, 6.07) is 4.87. The van der Waals surface area contributed by atoms with Crippen LogP contribution in [0.1, 0.15) is 46.3 Å². The first-order chi connectivity index (χ1) is 10.4. The summed E-state index contributed by atoms with van der Waals surface area (Å²) in [6.07, 6.45) is -0.0235. The molecule has 1 fully saturated rings. The van der Waals surface area contributed by atoms with Gasteiger partial charge in [0.05, 0.1) is 17.3 Å². The van der Waals surface area contributed by atoms with E-state index in [1.807, 2.05) is 6.92 Å². The third-order valence-electron chi connectivity index (χ3n) is 4.99. The molecule has 1 aromatic rings. The van der Waals surface area contributed by atoms with Crippen LogP contribution in [0.3, 0.4) is 0 Å². The molecule has 2 rings (SSSR count). The van der Waals surface area contributed by atoms with Crippen LogP contribution in [0.4, 0.5) is 0 Å². The standard InChI is InChI=1S/C17H28BO3PS/c1-12(19-6)14-10-9-13(22(7,8)23)11-15(14)18-20-16(2,3)17(4,5)21-18/h9-12H,1-8H3/t12-/m0/s1. The lowest BCUT2D eigenvalue weighted by atomic mass is 9.75. The van der Waals surface area contributed by atoms with Crippen LogP contribution >= 0.6 is 6.04 Å². The third kappa shape index (κ3) is 3.75. The highest BCUT2D eigenvalue weighted by molar-refractivity contribution is 8.17. The summed E-state index contributed by atoms with van der Waals surface area (Å²) in [6.45, 7) is 14.6. The first kappa shape index (κ1) is 19.1. The molecular weight excluding hydrogens is 326 g/mol. The number of methoxy groups -OCH3 is 1. The van der Waals surface area contributed by atoms with Crippen LogP contribution in [0.5, 0.6) is 0 Å². The van der Waals surface area contributed by atoms with Crippen molar-refractivity contribution < 1.29 is 14.0 Å². The molecule has 0 amide bonds. The lowest BCUT2D eigenvalue weighted by molar-refractivity contribution is 0.00578. The maximum absolute atomic E-state index is 6.25. The summed E-state index contributed by atoms with van der Waals surface area (Å²) in [4.78, 5) is 0. The van der Waals surface area contributed by atoms with Crippen molar-refractivity contribution in [2.45, 2.75) is 51.9 Å². The molecule has 0 saturated carbocycles. The van der Waals surface area contributed by atoms with E-state index in [2.05, 4.69) is 59.2 Å². The maximum atomic E-state index is 6.25. The Morgan fingerprint density at radius 2 is 1.65 bits per heavy atom. The van der Waals surface area contributed by atoms with Gasteiger partial charge in [-0.2, -0.15) is 0 Å². The van der Waals surface area contributed by atoms with E-state index >= 15 is 0 Å². The Bertz CT molecular complexity index is 623. The van der Waals surface area contributed by atoms with E-state index in [0.29, 0.717) is 0 Å². The molecule has 0 unspecified atom stereocenters. The molecule has 1 saturated heterocycles. The third-order valence-corrected chi connectivity index (χ3v) is 7.15. The predicted molar refractivity (Wildman–Crippen MR) is 103 cm³/mol. The van der Waals surface area contributed by atoms with E-state index in [4.69, 9.17) is 25.9 Å². The maximum Gasteiger partial charge on any atom is 0.495 e. The van der Waals surface area contributed by atoms with Gasteiger partial charge in [-0.25, -0.2) is 0 Å². The zero-order valence-electron chi connectivity index (χ0n) is 15.5. The van der Waals surface area contributed by atoms with Gasteiger partial charge in [0.2, 0.25) is 0 Å². The van der Waals surface area contributed by atoms with Crippen LogP contribution in [0.2, 0.25) is 0 Å². The Labute approximate surface area is 146 Å². The summed E-state index contributed by atoms with van der Waals surface area (Å²) >= 11 is 5.71. The van der Waals surface area contributed by atoms with E-state index in [0.717, 1.165) is 11.0 Å². The summed E-state index contributed by atoms with van der Waals surface area (Å²) in [5.74, 6) is 0. The van der Waals surface area contributed by atoms with E-state index in [1.165, 1.54) is 5.30 Å². The van der Waals surface area contributed by atoms with Gasteiger partial charge >= 0.3 is 7.12 Å². The highest BCUT2D eigenvalue weighted by Gasteiger charge is 2.52. The van der Waals surface area contributed by atoms with Gasteiger partial charge in [-0.05, 0) is 70.3 Å². The second kappa shape index (κ2) is 6.27. The van der Waals surface area contributed by atoms with Crippen molar-refractivity contribution in [3.8, 4) is 0 Å². The van der Waals surface area contributed by atoms with E-state index in [9.17, 15) is 0 Å². The molecule has 1 aliphatic heterocycles. The smallest absolute Gasteiger partial charge is 0.399 e. The number of ether oxygens (including phenoxy) is 1. The van der Waals surface area contributed by atoms with Gasteiger partial charge in [-0.15, -0.1) is 0 Å². The molecule has 0 radical (unpaired) electrons. The topological polar surface area (TPSA) is 27.7 Å². The fraction of sp³-hybridized carbons (Fsp3) is 0.647. The van der Waals surface area contributed by atoms with Gasteiger partial charge in [-0.1, -0.05) is 30.0 Å². The van der Waals surface area contributed by atoms with Gasteiger partial charge in [-0.3, -0.25) is 0 Å². The molecule has 0 aliphatic carbocycles. The monoisotopic (exact) mass is 354 g/mol. The second-order valence-electron chi connectivity index (χ2n) is 7.63. The average Bonchev–Trinajstić information content (AvgIpc) is 2.65. The van der Waals surface area contributed by atoms with Gasteiger partial charge < -0.3 is 14.0 Å². The highest BCUT2D eigenvalue weighted by Crippen LogP contribution is 2.38. The van der Waals surface area contributed by atoms with Crippen LogP contribution in [-0.4, -0.2) is 38.8 Å².